The first-order valence-electron chi connectivity index (χ1n) is 6.05. The van der Waals surface area contributed by atoms with Crippen molar-refractivity contribution in [1.82, 2.24) is 15.1 Å². The van der Waals surface area contributed by atoms with Crippen molar-refractivity contribution < 1.29 is 4.79 Å². The van der Waals surface area contributed by atoms with Crippen molar-refractivity contribution in [3.05, 3.63) is 33.1 Å². The van der Waals surface area contributed by atoms with Crippen LogP contribution in [-0.2, 0) is 7.05 Å². The Bertz CT molecular complexity index is 614. The van der Waals surface area contributed by atoms with Crippen molar-refractivity contribution >= 4 is 23.1 Å². The third-order valence-corrected chi connectivity index (χ3v) is 4.10. The Labute approximate surface area is 116 Å². The molecule has 0 spiro atoms. The number of hydrogen-bond acceptors (Lipinski definition) is 4. The van der Waals surface area contributed by atoms with Crippen LogP contribution in [0.3, 0.4) is 0 Å². The van der Waals surface area contributed by atoms with Crippen molar-refractivity contribution in [3.8, 4) is 0 Å². The third-order valence-electron chi connectivity index (χ3n) is 3.12. The highest BCUT2D eigenvalue weighted by molar-refractivity contribution is 7.12. The van der Waals surface area contributed by atoms with Crippen molar-refractivity contribution in [2.24, 2.45) is 7.05 Å². The van der Waals surface area contributed by atoms with Crippen LogP contribution in [0.2, 0.25) is 0 Å². The SMILES string of the molecule is Cc1cc(C(C)NC(=O)c2cnn(C)c2N)c(C)s1. The number of aryl methyl sites for hydroxylation is 3. The van der Waals surface area contributed by atoms with Gasteiger partial charge in [0.25, 0.3) is 5.91 Å². The van der Waals surface area contributed by atoms with Gasteiger partial charge in [-0.3, -0.25) is 9.48 Å². The number of nitrogens with two attached hydrogens (primary N) is 1. The summed E-state index contributed by atoms with van der Waals surface area (Å²) in [5.74, 6) is 0.185. The number of carbonyl (C=O) groups excluding carboxylic acids is 1. The van der Waals surface area contributed by atoms with Crippen LogP contribution in [0.25, 0.3) is 0 Å². The summed E-state index contributed by atoms with van der Waals surface area (Å²) in [6.45, 7) is 6.10. The van der Waals surface area contributed by atoms with E-state index in [2.05, 4.69) is 30.3 Å². The molecule has 3 N–H and O–H groups in total. The molecule has 102 valence electrons. The van der Waals surface area contributed by atoms with Gasteiger partial charge in [-0.05, 0) is 32.4 Å². The number of anilines is 1. The fourth-order valence-electron chi connectivity index (χ4n) is 2.05. The maximum Gasteiger partial charge on any atom is 0.257 e. The molecule has 0 saturated carbocycles. The number of carbonyl (C=O) groups is 1. The molecule has 6 heteroatoms. The van der Waals surface area contributed by atoms with Crippen molar-refractivity contribution in [2.75, 3.05) is 5.73 Å². The Morgan fingerprint density at radius 1 is 1.53 bits per heavy atom. The zero-order valence-electron chi connectivity index (χ0n) is 11.5. The molecule has 0 aliphatic rings. The summed E-state index contributed by atoms with van der Waals surface area (Å²) in [6, 6.07) is 2.06. The number of rotatable bonds is 3. The third kappa shape index (κ3) is 2.63. The highest BCUT2D eigenvalue weighted by atomic mass is 32.1. The van der Waals surface area contributed by atoms with Crippen LogP contribution in [0.5, 0.6) is 0 Å². The van der Waals surface area contributed by atoms with E-state index in [9.17, 15) is 4.79 Å². The van der Waals surface area contributed by atoms with Crippen LogP contribution < -0.4 is 11.1 Å². The first-order chi connectivity index (χ1) is 8.90. The van der Waals surface area contributed by atoms with Gasteiger partial charge in [0.1, 0.15) is 11.4 Å². The predicted octanol–water partition coefficient (Wildman–Crippen LogP) is 2.17. The van der Waals surface area contributed by atoms with Gasteiger partial charge in [-0.2, -0.15) is 5.10 Å². The van der Waals surface area contributed by atoms with Crippen molar-refractivity contribution in [2.45, 2.75) is 26.8 Å². The van der Waals surface area contributed by atoms with Crippen LogP contribution in [0.1, 0.15) is 38.6 Å². The summed E-state index contributed by atoms with van der Waals surface area (Å²) in [5, 5.41) is 6.93. The molecule has 2 rings (SSSR count). The summed E-state index contributed by atoms with van der Waals surface area (Å²) in [4.78, 5) is 14.6. The van der Waals surface area contributed by atoms with E-state index in [0.29, 0.717) is 11.4 Å². The lowest BCUT2D eigenvalue weighted by Crippen LogP contribution is -2.27. The molecule has 19 heavy (non-hydrogen) atoms. The Morgan fingerprint density at radius 2 is 2.21 bits per heavy atom. The quantitative estimate of drug-likeness (QED) is 0.903. The summed E-state index contributed by atoms with van der Waals surface area (Å²) in [5.41, 5.74) is 7.36. The largest absolute Gasteiger partial charge is 0.383 e. The van der Waals surface area contributed by atoms with Gasteiger partial charge in [0.15, 0.2) is 0 Å². The van der Waals surface area contributed by atoms with E-state index in [4.69, 9.17) is 5.73 Å². The van der Waals surface area contributed by atoms with Gasteiger partial charge < -0.3 is 11.1 Å². The minimum atomic E-state index is -0.193. The Balaban J connectivity index is 2.15. The molecule has 2 aromatic heterocycles. The summed E-state index contributed by atoms with van der Waals surface area (Å²) in [6.07, 6.45) is 1.49. The van der Waals surface area contributed by atoms with Gasteiger partial charge >= 0.3 is 0 Å². The smallest absolute Gasteiger partial charge is 0.257 e. The van der Waals surface area contributed by atoms with Gasteiger partial charge in [0, 0.05) is 16.8 Å². The highest BCUT2D eigenvalue weighted by Gasteiger charge is 2.18. The zero-order valence-corrected chi connectivity index (χ0v) is 12.3. The predicted molar refractivity (Wildman–Crippen MR) is 77.3 cm³/mol. The molecular formula is C13H18N4OS. The fourth-order valence-corrected chi connectivity index (χ4v) is 3.08. The van der Waals surface area contributed by atoms with Crippen LogP contribution in [0.4, 0.5) is 5.82 Å². The van der Waals surface area contributed by atoms with Crippen molar-refractivity contribution in [3.63, 3.8) is 0 Å². The Hall–Kier alpha value is -1.82. The average Bonchev–Trinajstić information content (AvgIpc) is 2.83. The number of amides is 1. The maximum absolute atomic E-state index is 12.1. The molecule has 5 nitrogen and oxygen atoms in total. The molecule has 0 aliphatic carbocycles. The first kappa shape index (κ1) is 13.6. The molecule has 0 saturated heterocycles. The molecule has 1 unspecified atom stereocenters. The molecule has 1 atom stereocenters. The van der Waals surface area contributed by atoms with E-state index in [-0.39, 0.29) is 11.9 Å². The molecular weight excluding hydrogens is 260 g/mol. The first-order valence-corrected chi connectivity index (χ1v) is 6.87. The number of aromatic nitrogens is 2. The van der Waals surface area contributed by atoms with Crippen LogP contribution in [0.15, 0.2) is 12.3 Å². The lowest BCUT2D eigenvalue weighted by atomic mass is 10.1. The van der Waals surface area contributed by atoms with E-state index in [0.717, 1.165) is 5.56 Å². The molecule has 2 heterocycles. The van der Waals surface area contributed by atoms with E-state index >= 15 is 0 Å². The lowest BCUT2D eigenvalue weighted by molar-refractivity contribution is 0.0941. The second kappa shape index (κ2) is 5.05. The number of hydrogen-bond donors (Lipinski definition) is 2. The fraction of sp³-hybridized carbons (Fsp3) is 0.385. The summed E-state index contributed by atoms with van der Waals surface area (Å²) >= 11 is 1.74. The number of nitrogens with one attached hydrogen (secondary N) is 1. The van der Waals surface area contributed by atoms with Gasteiger partial charge in [0.05, 0.1) is 12.2 Å². The van der Waals surface area contributed by atoms with Gasteiger partial charge in [-0.25, -0.2) is 0 Å². The van der Waals surface area contributed by atoms with Gasteiger partial charge in [-0.15, -0.1) is 11.3 Å². The Kier molecular flexibility index (Phi) is 3.61. The van der Waals surface area contributed by atoms with E-state index in [1.165, 1.54) is 20.6 Å². The van der Waals surface area contributed by atoms with E-state index in [1.54, 1.807) is 18.4 Å². The minimum Gasteiger partial charge on any atom is -0.383 e. The molecule has 2 aromatic rings. The molecule has 0 fully saturated rings. The summed E-state index contributed by atoms with van der Waals surface area (Å²) < 4.78 is 1.49. The topological polar surface area (TPSA) is 72.9 Å². The molecule has 0 bridgehead atoms. The van der Waals surface area contributed by atoms with Crippen LogP contribution >= 0.6 is 11.3 Å². The van der Waals surface area contributed by atoms with Gasteiger partial charge in [0.2, 0.25) is 0 Å². The maximum atomic E-state index is 12.1. The molecule has 0 aliphatic heterocycles. The second-order valence-electron chi connectivity index (χ2n) is 4.63. The molecule has 0 radical (unpaired) electrons. The zero-order chi connectivity index (χ0) is 14.2. The Morgan fingerprint density at radius 3 is 2.68 bits per heavy atom. The van der Waals surface area contributed by atoms with E-state index < -0.39 is 0 Å². The lowest BCUT2D eigenvalue weighted by Gasteiger charge is -2.13. The second-order valence-corrected chi connectivity index (χ2v) is 6.09. The highest BCUT2D eigenvalue weighted by Crippen LogP contribution is 2.26. The van der Waals surface area contributed by atoms with Crippen LogP contribution in [-0.4, -0.2) is 15.7 Å². The normalized spacial score (nSPS) is 12.4. The number of nitrogens with zero attached hydrogens (tertiary/aromatic N) is 2. The summed E-state index contributed by atoms with van der Waals surface area (Å²) in [7, 11) is 1.71. The van der Waals surface area contributed by atoms with Gasteiger partial charge in [-0.1, -0.05) is 0 Å². The minimum absolute atomic E-state index is 0.0444. The van der Waals surface area contributed by atoms with Crippen molar-refractivity contribution in [1.29, 1.82) is 0 Å². The van der Waals surface area contributed by atoms with E-state index in [1.807, 2.05) is 6.92 Å². The molecule has 0 aromatic carbocycles. The number of nitrogen functional groups attached to an aromatic ring is 1. The monoisotopic (exact) mass is 278 g/mol. The average molecular weight is 278 g/mol. The molecule has 1 amide bonds. The standard InChI is InChI=1S/C13H18N4OS/c1-7-5-10(9(3)19-7)8(2)16-13(18)11-6-15-17(4)12(11)14/h5-6,8H,14H2,1-4H3,(H,16,18). The number of thiophene rings is 1. The van der Waals surface area contributed by atoms with Crippen LogP contribution in [0, 0.1) is 13.8 Å².